The summed E-state index contributed by atoms with van der Waals surface area (Å²) in [5.74, 6) is -0.862. The van der Waals surface area contributed by atoms with Crippen LogP contribution in [0.4, 0.5) is 0 Å². The molecule has 0 aliphatic heterocycles. The molecule has 0 radical (unpaired) electrons. The number of hydrogen-bond donors (Lipinski definition) is 2. The van der Waals surface area contributed by atoms with E-state index in [1.807, 2.05) is 29.1 Å². The van der Waals surface area contributed by atoms with Crippen LogP contribution in [-0.4, -0.2) is 26.9 Å². The van der Waals surface area contributed by atoms with Crippen LogP contribution in [0.25, 0.3) is 11.3 Å². The molecule has 1 aromatic heterocycles. The Labute approximate surface area is 159 Å². The molecule has 0 saturated heterocycles. The van der Waals surface area contributed by atoms with E-state index in [0.717, 1.165) is 16.8 Å². The zero-order valence-electron chi connectivity index (χ0n) is 15.9. The lowest BCUT2D eigenvalue weighted by Crippen LogP contribution is -2.33. The summed E-state index contributed by atoms with van der Waals surface area (Å²) in [6.07, 6.45) is 2.00. The Bertz CT molecular complexity index is 932. The summed E-state index contributed by atoms with van der Waals surface area (Å²) in [6, 6.07) is 15.9. The van der Waals surface area contributed by atoms with Gasteiger partial charge in [0.1, 0.15) is 6.04 Å². The average Bonchev–Trinajstić information content (AvgIpc) is 3.05. The molecule has 3 rings (SSSR count). The van der Waals surface area contributed by atoms with E-state index in [0.29, 0.717) is 13.1 Å². The van der Waals surface area contributed by atoms with Gasteiger partial charge in [-0.15, -0.1) is 0 Å². The van der Waals surface area contributed by atoms with Crippen LogP contribution in [0.1, 0.15) is 29.2 Å². The number of carbonyl (C=O) groups is 1. The van der Waals surface area contributed by atoms with Crippen molar-refractivity contribution in [1.29, 1.82) is 0 Å². The fraction of sp³-hybridized carbons (Fsp3) is 0.273. The highest BCUT2D eigenvalue weighted by Gasteiger charge is 2.15. The summed E-state index contributed by atoms with van der Waals surface area (Å²) in [7, 11) is 0. The van der Waals surface area contributed by atoms with Crippen molar-refractivity contribution in [3.05, 3.63) is 77.0 Å². The van der Waals surface area contributed by atoms with E-state index in [4.69, 9.17) is 10.2 Å². The van der Waals surface area contributed by atoms with E-state index in [1.54, 1.807) is 6.92 Å². The first kappa shape index (κ1) is 18.9. The molecule has 0 spiro atoms. The van der Waals surface area contributed by atoms with Gasteiger partial charge in [-0.25, -0.2) is 0 Å². The molecule has 0 saturated carbocycles. The summed E-state index contributed by atoms with van der Waals surface area (Å²) in [4.78, 5) is 11.1. The van der Waals surface area contributed by atoms with Crippen LogP contribution >= 0.6 is 0 Å². The number of aliphatic carboxylic acids is 1. The Hall–Kier alpha value is -2.92. The van der Waals surface area contributed by atoms with Gasteiger partial charge < -0.3 is 10.4 Å². The first-order valence-corrected chi connectivity index (χ1v) is 9.08. The fourth-order valence-corrected chi connectivity index (χ4v) is 2.93. The first-order valence-electron chi connectivity index (χ1n) is 9.08. The van der Waals surface area contributed by atoms with Crippen LogP contribution in [0.3, 0.4) is 0 Å². The van der Waals surface area contributed by atoms with Crippen molar-refractivity contribution in [2.24, 2.45) is 0 Å². The molecule has 0 aliphatic carbocycles. The summed E-state index contributed by atoms with van der Waals surface area (Å²) in [5.41, 5.74) is 6.54. The lowest BCUT2D eigenvalue weighted by Gasteiger charge is -2.09. The maximum absolute atomic E-state index is 11.1. The van der Waals surface area contributed by atoms with Gasteiger partial charge in [0, 0.05) is 23.9 Å². The van der Waals surface area contributed by atoms with Gasteiger partial charge in [0.25, 0.3) is 0 Å². The summed E-state index contributed by atoms with van der Waals surface area (Å²) in [6.45, 7) is 6.94. The van der Waals surface area contributed by atoms with Crippen LogP contribution < -0.4 is 5.32 Å². The normalized spacial score (nSPS) is 12.1. The molecule has 2 aromatic carbocycles. The van der Waals surface area contributed by atoms with E-state index in [1.165, 1.54) is 16.7 Å². The second-order valence-corrected chi connectivity index (χ2v) is 6.93. The molecule has 3 aromatic rings. The van der Waals surface area contributed by atoms with Crippen molar-refractivity contribution in [2.45, 2.75) is 39.9 Å². The third kappa shape index (κ3) is 4.63. The van der Waals surface area contributed by atoms with Gasteiger partial charge in [-0.2, -0.15) is 5.10 Å². The van der Waals surface area contributed by atoms with E-state index < -0.39 is 12.0 Å². The summed E-state index contributed by atoms with van der Waals surface area (Å²) >= 11 is 0. The van der Waals surface area contributed by atoms with Gasteiger partial charge in [0.05, 0.1) is 12.2 Å². The molecule has 0 fully saturated rings. The number of benzene rings is 2. The monoisotopic (exact) mass is 363 g/mol. The minimum absolute atomic E-state index is 0.449. The van der Waals surface area contributed by atoms with Gasteiger partial charge in [-0.05, 0) is 43.5 Å². The highest BCUT2D eigenvalue weighted by atomic mass is 16.4. The lowest BCUT2D eigenvalue weighted by atomic mass is 10.0. The van der Waals surface area contributed by atoms with E-state index in [2.05, 4.69) is 49.5 Å². The number of aromatic nitrogens is 2. The zero-order chi connectivity index (χ0) is 19.4. The Balaban J connectivity index is 1.92. The Kier molecular flexibility index (Phi) is 5.72. The van der Waals surface area contributed by atoms with Crippen molar-refractivity contribution >= 4 is 5.97 Å². The number of carboxylic acid groups (broad SMARTS) is 1. The molecule has 1 heterocycles. The van der Waals surface area contributed by atoms with Crippen molar-refractivity contribution in [3.8, 4) is 11.3 Å². The smallest absolute Gasteiger partial charge is 0.320 e. The molecular weight excluding hydrogens is 338 g/mol. The Morgan fingerprint density at radius 2 is 1.89 bits per heavy atom. The highest BCUT2D eigenvalue weighted by Crippen LogP contribution is 2.25. The number of aryl methyl sites for hydroxylation is 2. The molecule has 2 N–H and O–H groups in total. The van der Waals surface area contributed by atoms with Gasteiger partial charge >= 0.3 is 5.97 Å². The average molecular weight is 363 g/mol. The second-order valence-electron chi connectivity index (χ2n) is 6.93. The third-order valence-electron chi connectivity index (χ3n) is 4.77. The number of nitrogens with one attached hydrogen (secondary N) is 1. The van der Waals surface area contributed by atoms with Crippen LogP contribution in [0, 0.1) is 13.8 Å². The first-order chi connectivity index (χ1) is 12.9. The van der Waals surface area contributed by atoms with E-state index in [9.17, 15) is 4.79 Å². The van der Waals surface area contributed by atoms with Crippen LogP contribution in [0.15, 0.2) is 54.7 Å². The molecule has 0 bridgehead atoms. The number of carboxylic acids is 1. The molecule has 27 heavy (non-hydrogen) atoms. The van der Waals surface area contributed by atoms with Crippen molar-refractivity contribution in [2.75, 3.05) is 0 Å². The maximum atomic E-state index is 11.1. The largest absolute Gasteiger partial charge is 0.480 e. The van der Waals surface area contributed by atoms with E-state index in [-0.39, 0.29) is 0 Å². The predicted octanol–water partition coefficient (Wildman–Crippen LogP) is 3.78. The third-order valence-corrected chi connectivity index (χ3v) is 4.77. The van der Waals surface area contributed by atoms with Crippen LogP contribution in [-0.2, 0) is 17.9 Å². The quantitative estimate of drug-likeness (QED) is 0.670. The SMILES string of the molecule is Cc1ccc(-c2nn(Cc3ccccc3)cc2CNC(C)C(=O)O)cc1C. The lowest BCUT2D eigenvalue weighted by molar-refractivity contribution is -0.139. The molecular formula is C22H25N3O2. The minimum Gasteiger partial charge on any atom is -0.480 e. The van der Waals surface area contributed by atoms with Crippen LogP contribution in [0.5, 0.6) is 0 Å². The topological polar surface area (TPSA) is 67.2 Å². The molecule has 5 heteroatoms. The Morgan fingerprint density at radius 3 is 2.56 bits per heavy atom. The van der Waals surface area contributed by atoms with Crippen molar-refractivity contribution < 1.29 is 9.90 Å². The summed E-state index contributed by atoms with van der Waals surface area (Å²) in [5, 5.41) is 17.0. The number of rotatable bonds is 7. The minimum atomic E-state index is -0.862. The highest BCUT2D eigenvalue weighted by molar-refractivity contribution is 5.73. The standard InChI is InChI=1S/C22H25N3O2/c1-15-9-10-19(11-16(15)2)21-20(12-23-17(3)22(26)27)14-25(24-21)13-18-7-5-4-6-8-18/h4-11,14,17,23H,12-13H2,1-3H3,(H,26,27). The second kappa shape index (κ2) is 8.18. The number of nitrogens with zero attached hydrogens (tertiary/aromatic N) is 2. The molecule has 1 unspecified atom stereocenters. The molecule has 140 valence electrons. The zero-order valence-corrected chi connectivity index (χ0v) is 15.9. The molecule has 0 aliphatic rings. The Morgan fingerprint density at radius 1 is 1.15 bits per heavy atom. The van der Waals surface area contributed by atoms with Gasteiger partial charge in [-0.1, -0.05) is 42.5 Å². The maximum Gasteiger partial charge on any atom is 0.320 e. The van der Waals surface area contributed by atoms with Crippen molar-refractivity contribution in [3.63, 3.8) is 0 Å². The van der Waals surface area contributed by atoms with Gasteiger partial charge in [-0.3, -0.25) is 9.48 Å². The summed E-state index contributed by atoms with van der Waals surface area (Å²) < 4.78 is 1.92. The molecule has 5 nitrogen and oxygen atoms in total. The molecule has 1 atom stereocenters. The van der Waals surface area contributed by atoms with E-state index >= 15 is 0 Å². The number of hydrogen-bond acceptors (Lipinski definition) is 3. The van der Waals surface area contributed by atoms with Gasteiger partial charge in [0.15, 0.2) is 0 Å². The fourth-order valence-electron chi connectivity index (χ4n) is 2.93. The van der Waals surface area contributed by atoms with Gasteiger partial charge in [0.2, 0.25) is 0 Å². The molecule has 0 amide bonds. The van der Waals surface area contributed by atoms with Crippen LogP contribution in [0.2, 0.25) is 0 Å². The predicted molar refractivity (Wildman–Crippen MR) is 107 cm³/mol. The van der Waals surface area contributed by atoms with Crippen molar-refractivity contribution in [1.82, 2.24) is 15.1 Å².